The largest absolute Gasteiger partial charge is 0.311 e. The van der Waals surface area contributed by atoms with E-state index < -0.39 is 0 Å². The molecular formula is C15H25BrN2S. The summed E-state index contributed by atoms with van der Waals surface area (Å²) in [4.78, 5) is 4.15. The molecule has 4 heteroatoms. The van der Waals surface area contributed by atoms with Gasteiger partial charge >= 0.3 is 0 Å². The summed E-state index contributed by atoms with van der Waals surface area (Å²) in [6.45, 7) is 10.4. The van der Waals surface area contributed by atoms with Crippen molar-refractivity contribution in [3.8, 4) is 0 Å². The van der Waals surface area contributed by atoms with Crippen LogP contribution in [0.4, 0.5) is 0 Å². The molecule has 1 fully saturated rings. The highest BCUT2D eigenvalue weighted by atomic mass is 79.9. The van der Waals surface area contributed by atoms with Crippen molar-refractivity contribution in [2.45, 2.75) is 52.2 Å². The zero-order chi connectivity index (χ0) is 13.8. The molecule has 1 aliphatic heterocycles. The summed E-state index contributed by atoms with van der Waals surface area (Å²) in [6, 6.07) is 3.48. The third-order valence-corrected chi connectivity index (χ3v) is 6.28. The Labute approximate surface area is 129 Å². The highest BCUT2D eigenvalue weighted by Gasteiger charge is 2.30. The van der Waals surface area contributed by atoms with Gasteiger partial charge in [-0.05, 0) is 39.7 Å². The van der Waals surface area contributed by atoms with E-state index in [1.54, 1.807) is 0 Å². The quantitative estimate of drug-likeness (QED) is 0.864. The first-order valence-electron chi connectivity index (χ1n) is 7.35. The molecule has 1 aromatic heterocycles. The van der Waals surface area contributed by atoms with Crippen LogP contribution in [0.2, 0.25) is 0 Å². The van der Waals surface area contributed by atoms with E-state index in [0.717, 1.165) is 19.0 Å². The minimum Gasteiger partial charge on any atom is -0.311 e. The number of rotatable bonds is 5. The summed E-state index contributed by atoms with van der Waals surface area (Å²) < 4.78 is 1.27. The summed E-state index contributed by atoms with van der Waals surface area (Å²) >= 11 is 5.53. The fourth-order valence-electron chi connectivity index (χ4n) is 2.81. The molecule has 19 heavy (non-hydrogen) atoms. The molecule has 1 saturated heterocycles. The van der Waals surface area contributed by atoms with Crippen LogP contribution >= 0.6 is 27.3 Å². The average molecular weight is 345 g/mol. The van der Waals surface area contributed by atoms with Gasteiger partial charge in [-0.1, -0.05) is 27.2 Å². The smallest absolute Gasteiger partial charge is 0.0343 e. The van der Waals surface area contributed by atoms with Crippen LogP contribution in [0, 0.1) is 5.92 Å². The van der Waals surface area contributed by atoms with Gasteiger partial charge in [0.05, 0.1) is 0 Å². The molecule has 3 unspecified atom stereocenters. The van der Waals surface area contributed by atoms with Crippen LogP contribution in [0.25, 0.3) is 0 Å². The molecule has 0 amide bonds. The van der Waals surface area contributed by atoms with E-state index in [9.17, 15) is 0 Å². The molecular weight excluding hydrogens is 320 g/mol. The fourth-order valence-corrected chi connectivity index (χ4v) is 4.31. The zero-order valence-corrected chi connectivity index (χ0v) is 14.6. The van der Waals surface area contributed by atoms with Crippen molar-refractivity contribution in [3.63, 3.8) is 0 Å². The van der Waals surface area contributed by atoms with Crippen molar-refractivity contribution in [1.82, 2.24) is 10.2 Å². The van der Waals surface area contributed by atoms with Crippen molar-refractivity contribution < 1.29 is 0 Å². The minimum atomic E-state index is 0.652. The van der Waals surface area contributed by atoms with Crippen molar-refractivity contribution >= 4 is 27.3 Å². The second-order valence-corrected chi connectivity index (χ2v) is 7.44. The first-order valence-corrected chi connectivity index (χ1v) is 9.02. The van der Waals surface area contributed by atoms with E-state index in [2.05, 4.69) is 58.4 Å². The van der Waals surface area contributed by atoms with Crippen molar-refractivity contribution in [3.05, 3.63) is 20.8 Å². The van der Waals surface area contributed by atoms with Gasteiger partial charge < -0.3 is 5.32 Å². The number of halogens is 1. The monoisotopic (exact) mass is 344 g/mol. The Kier molecular flexibility index (Phi) is 5.87. The van der Waals surface area contributed by atoms with E-state index in [1.807, 2.05) is 11.3 Å². The van der Waals surface area contributed by atoms with Crippen LogP contribution in [-0.4, -0.2) is 30.1 Å². The van der Waals surface area contributed by atoms with E-state index in [1.165, 1.54) is 28.7 Å². The Bertz CT molecular complexity index is 393. The second-order valence-electron chi connectivity index (χ2n) is 5.59. The van der Waals surface area contributed by atoms with E-state index in [4.69, 9.17) is 0 Å². The average Bonchev–Trinajstić information content (AvgIpc) is 2.83. The number of hydrogen-bond acceptors (Lipinski definition) is 3. The molecule has 0 saturated carbocycles. The van der Waals surface area contributed by atoms with Crippen molar-refractivity contribution in [1.29, 1.82) is 0 Å². The van der Waals surface area contributed by atoms with Crippen LogP contribution in [-0.2, 0) is 6.54 Å². The normalized spacial score (nSPS) is 26.5. The SMILES string of the molecule is CCC1CN(Cc2sccc2Br)C(C(C)CC)CN1. The maximum atomic E-state index is 3.71. The molecule has 0 bridgehead atoms. The lowest BCUT2D eigenvalue weighted by molar-refractivity contribution is 0.0841. The third kappa shape index (κ3) is 3.81. The second kappa shape index (κ2) is 7.21. The first kappa shape index (κ1) is 15.5. The van der Waals surface area contributed by atoms with Gasteiger partial charge in [0.1, 0.15) is 0 Å². The van der Waals surface area contributed by atoms with Crippen LogP contribution in [0.1, 0.15) is 38.5 Å². The summed E-state index contributed by atoms with van der Waals surface area (Å²) in [5, 5.41) is 5.89. The highest BCUT2D eigenvalue weighted by molar-refractivity contribution is 9.10. The van der Waals surface area contributed by atoms with Crippen molar-refractivity contribution in [2.75, 3.05) is 13.1 Å². The summed E-state index contributed by atoms with van der Waals surface area (Å²) in [5.74, 6) is 0.754. The first-order chi connectivity index (χ1) is 9.15. The number of thiophene rings is 1. The fraction of sp³-hybridized carbons (Fsp3) is 0.733. The predicted octanol–water partition coefficient (Wildman–Crippen LogP) is 4.11. The zero-order valence-electron chi connectivity index (χ0n) is 12.2. The predicted molar refractivity (Wildman–Crippen MR) is 87.8 cm³/mol. The Morgan fingerprint density at radius 3 is 2.89 bits per heavy atom. The van der Waals surface area contributed by atoms with Gasteiger partial charge in [-0.25, -0.2) is 0 Å². The molecule has 1 N–H and O–H groups in total. The van der Waals surface area contributed by atoms with Gasteiger partial charge in [-0.3, -0.25) is 4.90 Å². The maximum absolute atomic E-state index is 3.71. The van der Waals surface area contributed by atoms with Crippen LogP contribution in [0.5, 0.6) is 0 Å². The van der Waals surface area contributed by atoms with Gasteiger partial charge in [0, 0.05) is 41.1 Å². The number of nitrogens with zero attached hydrogens (tertiary/aromatic N) is 1. The van der Waals surface area contributed by atoms with Crippen LogP contribution in [0.3, 0.4) is 0 Å². The topological polar surface area (TPSA) is 15.3 Å². The van der Waals surface area contributed by atoms with Crippen LogP contribution < -0.4 is 5.32 Å². The minimum absolute atomic E-state index is 0.652. The van der Waals surface area contributed by atoms with Gasteiger partial charge in [0.25, 0.3) is 0 Å². The number of piperazine rings is 1. The lowest BCUT2D eigenvalue weighted by atomic mass is 9.94. The molecule has 108 valence electrons. The molecule has 3 atom stereocenters. The summed E-state index contributed by atoms with van der Waals surface area (Å²) in [6.07, 6.45) is 2.47. The summed E-state index contributed by atoms with van der Waals surface area (Å²) in [5.41, 5.74) is 0. The molecule has 0 spiro atoms. The Morgan fingerprint density at radius 1 is 1.53 bits per heavy atom. The highest BCUT2D eigenvalue weighted by Crippen LogP contribution is 2.27. The Morgan fingerprint density at radius 2 is 2.32 bits per heavy atom. The molecule has 2 rings (SSSR count). The van der Waals surface area contributed by atoms with Crippen LogP contribution in [0.15, 0.2) is 15.9 Å². The van der Waals surface area contributed by atoms with E-state index in [-0.39, 0.29) is 0 Å². The standard InChI is InChI=1S/C15H25BrN2S/c1-4-11(3)14-8-17-12(5-2)9-18(14)10-15-13(16)6-7-19-15/h6-7,11-12,14,17H,4-5,8-10H2,1-3H3. The molecule has 2 nitrogen and oxygen atoms in total. The van der Waals surface area contributed by atoms with Gasteiger partial charge in [0.15, 0.2) is 0 Å². The molecule has 0 radical (unpaired) electrons. The number of nitrogens with one attached hydrogen (secondary N) is 1. The van der Waals surface area contributed by atoms with E-state index in [0.29, 0.717) is 12.1 Å². The molecule has 0 aromatic carbocycles. The molecule has 0 aliphatic carbocycles. The van der Waals surface area contributed by atoms with Gasteiger partial charge in [0.2, 0.25) is 0 Å². The summed E-state index contributed by atoms with van der Waals surface area (Å²) in [7, 11) is 0. The molecule has 2 heterocycles. The van der Waals surface area contributed by atoms with E-state index >= 15 is 0 Å². The molecule has 1 aromatic rings. The Balaban J connectivity index is 2.08. The lowest BCUT2D eigenvalue weighted by Crippen LogP contribution is -2.57. The van der Waals surface area contributed by atoms with Crippen molar-refractivity contribution in [2.24, 2.45) is 5.92 Å². The maximum Gasteiger partial charge on any atom is 0.0343 e. The Hall–Kier alpha value is 0.1000. The van der Waals surface area contributed by atoms with Gasteiger partial charge in [-0.2, -0.15) is 0 Å². The number of hydrogen-bond donors (Lipinski definition) is 1. The lowest BCUT2D eigenvalue weighted by Gasteiger charge is -2.43. The third-order valence-electron chi connectivity index (χ3n) is 4.37. The van der Waals surface area contributed by atoms with Gasteiger partial charge in [-0.15, -0.1) is 11.3 Å². The molecule has 1 aliphatic rings.